The summed E-state index contributed by atoms with van der Waals surface area (Å²) in [6.07, 6.45) is 4.77. The van der Waals surface area contributed by atoms with Gasteiger partial charge in [0.05, 0.1) is 34.3 Å². The number of hydrogen-bond donors (Lipinski definition) is 1. The molecule has 160 valence electrons. The molecule has 0 bridgehead atoms. The monoisotopic (exact) mass is 435 g/mol. The highest BCUT2D eigenvalue weighted by molar-refractivity contribution is 5.89. The Morgan fingerprint density at radius 2 is 2.00 bits per heavy atom. The lowest BCUT2D eigenvalue weighted by molar-refractivity contribution is 0.276. The number of nitrogens with two attached hydrogens (primary N) is 1. The predicted molar refractivity (Wildman–Crippen MR) is 120 cm³/mol. The number of anilines is 1. The van der Waals surface area contributed by atoms with Crippen LogP contribution in [0.25, 0.3) is 28.2 Å². The van der Waals surface area contributed by atoms with Crippen molar-refractivity contribution in [1.82, 2.24) is 34.5 Å². The minimum absolute atomic E-state index is 0.122. The second-order valence-corrected chi connectivity index (χ2v) is 7.17. The van der Waals surface area contributed by atoms with Crippen molar-refractivity contribution < 1.29 is 4.74 Å². The third-order valence-electron chi connectivity index (χ3n) is 5.05. The lowest BCUT2D eigenvalue weighted by Crippen LogP contribution is -2.06. The van der Waals surface area contributed by atoms with Gasteiger partial charge in [-0.15, -0.1) is 5.10 Å². The van der Waals surface area contributed by atoms with E-state index < -0.39 is 0 Å². The van der Waals surface area contributed by atoms with E-state index in [2.05, 4.69) is 36.1 Å². The quantitative estimate of drug-likeness (QED) is 0.441. The van der Waals surface area contributed by atoms with Crippen molar-refractivity contribution in [1.29, 1.82) is 5.26 Å². The molecule has 0 unspecified atom stereocenters. The van der Waals surface area contributed by atoms with E-state index in [4.69, 9.17) is 10.5 Å². The molecule has 0 aliphatic heterocycles. The van der Waals surface area contributed by atoms with Gasteiger partial charge in [0, 0.05) is 18.0 Å². The van der Waals surface area contributed by atoms with Gasteiger partial charge in [-0.2, -0.15) is 14.8 Å². The minimum atomic E-state index is 0.122. The molecule has 10 heteroatoms. The molecule has 0 aliphatic rings. The standard InChI is InChI=1S/C23H17N9O/c1-14-4-3-8-27-18(14)12-33-23-30-21-19(17-7-9-26-13-28-17)20(29-22(25)32(21)31-23)16-6-2-5-15(10-16)11-24/h2-10,13H,12H2,1H3,(H2,25,29). The van der Waals surface area contributed by atoms with E-state index in [1.54, 1.807) is 36.7 Å². The fourth-order valence-electron chi connectivity index (χ4n) is 3.42. The molecule has 33 heavy (non-hydrogen) atoms. The molecule has 0 saturated carbocycles. The van der Waals surface area contributed by atoms with Crippen LogP contribution in [0.1, 0.15) is 16.8 Å². The first-order valence-electron chi connectivity index (χ1n) is 10.0. The van der Waals surface area contributed by atoms with Gasteiger partial charge < -0.3 is 10.5 Å². The summed E-state index contributed by atoms with van der Waals surface area (Å²) in [6, 6.07) is 14.9. The van der Waals surface area contributed by atoms with Gasteiger partial charge in [0.2, 0.25) is 5.95 Å². The van der Waals surface area contributed by atoms with Gasteiger partial charge in [0.15, 0.2) is 5.65 Å². The molecule has 0 saturated heterocycles. The highest BCUT2D eigenvalue weighted by atomic mass is 16.5. The molecule has 10 nitrogen and oxygen atoms in total. The van der Waals surface area contributed by atoms with E-state index in [0.717, 1.165) is 11.3 Å². The van der Waals surface area contributed by atoms with Crippen LogP contribution in [0, 0.1) is 18.3 Å². The summed E-state index contributed by atoms with van der Waals surface area (Å²) in [4.78, 5) is 21.9. The van der Waals surface area contributed by atoms with Crippen LogP contribution in [0.5, 0.6) is 6.01 Å². The third-order valence-corrected chi connectivity index (χ3v) is 5.05. The average molecular weight is 435 g/mol. The fraction of sp³-hybridized carbons (Fsp3) is 0.0870. The van der Waals surface area contributed by atoms with E-state index >= 15 is 0 Å². The number of hydrogen-bond acceptors (Lipinski definition) is 9. The highest BCUT2D eigenvalue weighted by Gasteiger charge is 2.21. The zero-order valence-electron chi connectivity index (χ0n) is 17.5. The number of aromatic nitrogens is 7. The Hall–Kier alpha value is -4.91. The average Bonchev–Trinajstić information content (AvgIpc) is 3.29. The Bertz CT molecular complexity index is 1510. The largest absolute Gasteiger partial charge is 0.456 e. The molecule has 2 N–H and O–H groups in total. The second kappa shape index (κ2) is 8.32. The predicted octanol–water partition coefficient (Wildman–Crippen LogP) is 2.98. The summed E-state index contributed by atoms with van der Waals surface area (Å²) in [7, 11) is 0. The molecular weight excluding hydrogens is 418 g/mol. The van der Waals surface area contributed by atoms with Crippen molar-refractivity contribution >= 4 is 11.6 Å². The van der Waals surface area contributed by atoms with Crippen LogP contribution in [-0.2, 0) is 6.61 Å². The van der Waals surface area contributed by atoms with Crippen molar-refractivity contribution in [2.24, 2.45) is 0 Å². The maximum absolute atomic E-state index is 9.33. The van der Waals surface area contributed by atoms with Gasteiger partial charge in [-0.3, -0.25) is 4.98 Å². The molecule has 5 aromatic rings. The van der Waals surface area contributed by atoms with Gasteiger partial charge in [-0.25, -0.2) is 15.0 Å². The van der Waals surface area contributed by atoms with Gasteiger partial charge in [0.25, 0.3) is 0 Å². The number of aryl methyl sites for hydroxylation is 1. The molecular formula is C23H17N9O. The zero-order chi connectivity index (χ0) is 22.8. The third kappa shape index (κ3) is 3.79. The number of ether oxygens (including phenoxy) is 1. The first-order chi connectivity index (χ1) is 16.1. The van der Waals surface area contributed by atoms with Gasteiger partial charge >= 0.3 is 6.01 Å². The number of rotatable bonds is 5. The van der Waals surface area contributed by atoms with Gasteiger partial charge in [-0.1, -0.05) is 18.2 Å². The Balaban J connectivity index is 1.66. The summed E-state index contributed by atoms with van der Waals surface area (Å²) in [5.41, 5.74) is 11.4. The summed E-state index contributed by atoms with van der Waals surface area (Å²) in [5, 5.41) is 13.7. The normalized spacial score (nSPS) is 10.8. The number of pyridine rings is 1. The Morgan fingerprint density at radius 3 is 2.79 bits per heavy atom. The highest BCUT2D eigenvalue weighted by Crippen LogP contribution is 2.34. The van der Waals surface area contributed by atoms with Crippen LogP contribution in [0.15, 0.2) is 61.2 Å². The summed E-state index contributed by atoms with van der Waals surface area (Å²) in [6.45, 7) is 2.16. The van der Waals surface area contributed by atoms with Crippen LogP contribution in [0.4, 0.5) is 5.95 Å². The van der Waals surface area contributed by atoms with Gasteiger partial charge in [0.1, 0.15) is 12.9 Å². The molecule has 0 spiro atoms. The van der Waals surface area contributed by atoms with Gasteiger partial charge in [-0.05, 0) is 36.8 Å². The lowest BCUT2D eigenvalue weighted by atomic mass is 10.0. The van der Waals surface area contributed by atoms with Crippen LogP contribution in [0.2, 0.25) is 0 Å². The SMILES string of the molecule is Cc1cccnc1COc1nc2c(-c3ccncn3)c(-c3cccc(C#N)c3)nc(N)n2n1. The van der Waals surface area contributed by atoms with E-state index in [0.29, 0.717) is 33.7 Å². The minimum Gasteiger partial charge on any atom is -0.456 e. The van der Waals surface area contributed by atoms with Crippen molar-refractivity contribution in [3.8, 4) is 34.6 Å². The molecule has 0 amide bonds. The number of nitrogens with zero attached hydrogens (tertiary/aromatic N) is 8. The first kappa shape index (κ1) is 20.0. The molecule has 0 fully saturated rings. The zero-order valence-corrected chi connectivity index (χ0v) is 17.5. The summed E-state index contributed by atoms with van der Waals surface area (Å²) < 4.78 is 7.23. The second-order valence-electron chi connectivity index (χ2n) is 7.17. The Kier molecular flexibility index (Phi) is 5.04. The molecule has 4 aromatic heterocycles. The maximum Gasteiger partial charge on any atom is 0.336 e. The Labute approximate surface area is 188 Å². The van der Waals surface area contributed by atoms with Crippen LogP contribution < -0.4 is 10.5 Å². The summed E-state index contributed by atoms with van der Waals surface area (Å²) >= 11 is 0. The molecule has 0 atom stereocenters. The fourth-order valence-corrected chi connectivity index (χ4v) is 3.42. The Morgan fingerprint density at radius 1 is 1.09 bits per heavy atom. The number of benzene rings is 1. The van der Waals surface area contributed by atoms with E-state index in [1.807, 2.05) is 25.1 Å². The molecule has 4 heterocycles. The maximum atomic E-state index is 9.33. The summed E-state index contributed by atoms with van der Waals surface area (Å²) in [5.74, 6) is 0.122. The van der Waals surface area contributed by atoms with E-state index in [1.165, 1.54) is 10.8 Å². The van der Waals surface area contributed by atoms with Crippen molar-refractivity contribution in [2.75, 3.05) is 5.73 Å². The van der Waals surface area contributed by atoms with E-state index in [9.17, 15) is 5.26 Å². The molecule has 0 aliphatic carbocycles. The lowest BCUT2D eigenvalue weighted by Gasteiger charge is -2.11. The molecule has 1 aromatic carbocycles. The molecule has 5 rings (SSSR count). The van der Waals surface area contributed by atoms with Crippen LogP contribution in [0.3, 0.4) is 0 Å². The topological polar surface area (TPSA) is 141 Å². The number of nitrogen functional groups attached to an aromatic ring is 1. The van der Waals surface area contributed by atoms with E-state index in [-0.39, 0.29) is 18.6 Å². The van der Waals surface area contributed by atoms with Crippen LogP contribution in [-0.4, -0.2) is 34.5 Å². The van der Waals surface area contributed by atoms with Crippen molar-refractivity contribution in [3.63, 3.8) is 0 Å². The first-order valence-corrected chi connectivity index (χ1v) is 10.0. The smallest absolute Gasteiger partial charge is 0.336 e. The molecule has 0 radical (unpaired) electrons. The number of fused-ring (bicyclic) bond motifs is 1. The van der Waals surface area contributed by atoms with Crippen molar-refractivity contribution in [2.45, 2.75) is 13.5 Å². The van der Waals surface area contributed by atoms with Crippen LogP contribution >= 0.6 is 0 Å². The number of nitriles is 1. The van der Waals surface area contributed by atoms with Crippen molar-refractivity contribution in [3.05, 3.63) is 78.0 Å².